The van der Waals surface area contributed by atoms with Crippen molar-refractivity contribution in [3.05, 3.63) is 50.2 Å². The molecule has 8 heteroatoms. The van der Waals surface area contributed by atoms with Crippen molar-refractivity contribution >= 4 is 29.0 Å². The fraction of sp³-hybridized carbons (Fsp3) is 0.565. The maximum Gasteiger partial charge on any atom is 0.308 e. The third-order valence-electron chi connectivity index (χ3n) is 7.58. The molecule has 2 aromatic rings. The molecule has 31 heavy (non-hydrogen) atoms. The van der Waals surface area contributed by atoms with Crippen LogP contribution in [0.4, 0.5) is 4.39 Å². The lowest BCUT2D eigenvalue weighted by Gasteiger charge is -2.40. The Bertz CT molecular complexity index is 1060. The van der Waals surface area contributed by atoms with Gasteiger partial charge in [0.05, 0.1) is 18.2 Å². The van der Waals surface area contributed by atoms with Gasteiger partial charge in [-0.1, -0.05) is 23.5 Å². The fourth-order valence-electron chi connectivity index (χ4n) is 6.18. The molecular weight excluding hydrogens is 435 g/mol. The minimum absolute atomic E-state index is 0.0139. The molecule has 1 aromatic carbocycles. The van der Waals surface area contributed by atoms with Gasteiger partial charge in [-0.3, -0.25) is 14.2 Å². The molecule has 2 bridgehead atoms. The van der Waals surface area contributed by atoms with Gasteiger partial charge < -0.3 is 9.64 Å². The van der Waals surface area contributed by atoms with E-state index in [9.17, 15) is 14.0 Å². The average molecular weight is 461 g/mol. The molecule has 0 radical (unpaired) electrons. The van der Waals surface area contributed by atoms with Crippen molar-refractivity contribution in [3.8, 4) is 0 Å². The van der Waals surface area contributed by atoms with Crippen LogP contribution < -0.4 is 4.87 Å². The SMILES string of the molecule is O=C(Cn1c2c(sc1=O)C(c1ccc(F)cc1)C1C3CCC(C3)C1S2)N1CCOCC1. The normalized spacial score (nSPS) is 31.5. The van der Waals surface area contributed by atoms with Crippen LogP contribution in [0.1, 0.15) is 35.6 Å². The van der Waals surface area contributed by atoms with E-state index in [4.69, 9.17) is 4.74 Å². The van der Waals surface area contributed by atoms with Crippen molar-refractivity contribution in [1.29, 1.82) is 0 Å². The Kier molecular flexibility index (Phi) is 5.00. The summed E-state index contributed by atoms with van der Waals surface area (Å²) < 4.78 is 20.7. The standard InChI is InChI=1S/C23H25FN2O3S2/c24-16-5-3-13(4-6-16)18-19-14-1-2-15(11-14)20(19)30-22-21(18)31-23(28)26(22)12-17(27)25-7-9-29-10-8-25/h3-6,14-15,18-20H,1-2,7-12H2. The summed E-state index contributed by atoms with van der Waals surface area (Å²) in [5.74, 6) is 1.71. The third-order valence-corrected chi connectivity index (χ3v) is 10.4. The number of fused-ring (bicyclic) bond motifs is 6. The van der Waals surface area contributed by atoms with Gasteiger partial charge >= 0.3 is 4.87 Å². The highest BCUT2D eigenvalue weighted by atomic mass is 32.2. The van der Waals surface area contributed by atoms with Gasteiger partial charge in [-0.25, -0.2) is 4.39 Å². The van der Waals surface area contributed by atoms with Crippen LogP contribution in [0.5, 0.6) is 0 Å². The van der Waals surface area contributed by atoms with Crippen molar-refractivity contribution in [2.75, 3.05) is 26.3 Å². The minimum Gasteiger partial charge on any atom is -0.378 e. The number of aromatic nitrogens is 1. The van der Waals surface area contributed by atoms with Crippen LogP contribution >= 0.6 is 23.1 Å². The van der Waals surface area contributed by atoms with Crippen molar-refractivity contribution in [1.82, 2.24) is 9.47 Å². The molecule has 2 aliphatic heterocycles. The number of nitrogens with zero attached hydrogens (tertiary/aromatic N) is 2. The van der Waals surface area contributed by atoms with E-state index in [1.807, 2.05) is 23.9 Å². The number of amides is 1. The number of hydrogen-bond donors (Lipinski definition) is 0. The van der Waals surface area contributed by atoms with E-state index in [0.717, 1.165) is 15.5 Å². The zero-order valence-electron chi connectivity index (χ0n) is 17.2. The molecule has 0 spiro atoms. The van der Waals surface area contributed by atoms with E-state index in [1.54, 1.807) is 9.47 Å². The van der Waals surface area contributed by atoms with Crippen LogP contribution in [0.15, 0.2) is 34.1 Å². The van der Waals surface area contributed by atoms with Crippen LogP contribution in [0.2, 0.25) is 0 Å². The summed E-state index contributed by atoms with van der Waals surface area (Å²) in [5, 5.41) is 1.44. The number of thiazole rings is 1. The minimum atomic E-state index is -0.236. The van der Waals surface area contributed by atoms with Gasteiger partial charge in [0, 0.05) is 29.1 Å². The molecule has 5 unspecified atom stereocenters. The number of morpholine rings is 1. The number of halogens is 1. The predicted octanol–water partition coefficient (Wildman–Crippen LogP) is 3.56. The van der Waals surface area contributed by atoms with Crippen LogP contribution in [0.25, 0.3) is 0 Å². The van der Waals surface area contributed by atoms with E-state index in [2.05, 4.69) is 0 Å². The lowest BCUT2D eigenvalue weighted by molar-refractivity contribution is -0.136. The lowest BCUT2D eigenvalue weighted by Crippen LogP contribution is -2.43. The summed E-state index contributed by atoms with van der Waals surface area (Å²) in [6.45, 7) is 2.37. The molecule has 6 rings (SSSR count). The first-order valence-corrected chi connectivity index (χ1v) is 12.8. The number of ether oxygens (including phenoxy) is 1. The van der Waals surface area contributed by atoms with Gasteiger partial charge in [-0.05, 0) is 54.7 Å². The Labute approximate surface area is 188 Å². The second kappa shape index (κ2) is 7.74. The predicted molar refractivity (Wildman–Crippen MR) is 118 cm³/mol. The number of benzene rings is 1. The monoisotopic (exact) mass is 460 g/mol. The Morgan fingerprint density at radius 3 is 2.65 bits per heavy atom. The first-order chi connectivity index (χ1) is 15.1. The largest absolute Gasteiger partial charge is 0.378 e. The van der Waals surface area contributed by atoms with Crippen molar-refractivity contribution < 1.29 is 13.9 Å². The molecule has 4 aliphatic rings. The first kappa shape index (κ1) is 20.0. The molecule has 3 heterocycles. The van der Waals surface area contributed by atoms with Crippen molar-refractivity contribution in [3.63, 3.8) is 0 Å². The van der Waals surface area contributed by atoms with E-state index in [-0.39, 0.29) is 29.1 Å². The smallest absolute Gasteiger partial charge is 0.308 e. The lowest BCUT2D eigenvalue weighted by atomic mass is 9.75. The van der Waals surface area contributed by atoms with Crippen LogP contribution in [0.3, 0.4) is 0 Å². The van der Waals surface area contributed by atoms with Crippen molar-refractivity contribution in [2.24, 2.45) is 17.8 Å². The van der Waals surface area contributed by atoms with Gasteiger partial charge in [0.1, 0.15) is 12.4 Å². The number of thioether (sulfide) groups is 1. The highest BCUT2D eigenvalue weighted by Crippen LogP contribution is 2.63. The number of hydrogen-bond acceptors (Lipinski definition) is 5. The Morgan fingerprint density at radius 1 is 1.13 bits per heavy atom. The summed E-state index contributed by atoms with van der Waals surface area (Å²) in [5.41, 5.74) is 1.10. The molecule has 1 saturated heterocycles. The highest BCUT2D eigenvalue weighted by Gasteiger charge is 2.55. The number of carbonyl (C=O) groups excluding carboxylic acids is 1. The molecule has 164 valence electrons. The molecule has 0 N–H and O–H groups in total. The van der Waals surface area contributed by atoms with Gasteiger partial charge in [-0.15, -0.1) is 11.8 Å². The Balaban J connectivity index is 1.40. The van der Waals surface area contributed by atoms with Gasteiger partial charge in [0.15, 0.2) is 0 Å². The van der Waals surface area contributed by atoms with E-state index in [1.165, 1.54) is 42.7 Å². The summed E-state index contributed by atoms with van der Waals surface area (Å²) in [6.07, 6.45) is 3.77. The van der Waals surface area contributed by atoms with Crippen LogP contribution in [0, 0.1) is 23.6 Å². The van der Waals surface area contributed by atoms with Crippen LogP contribution in [-0.2, 0) is 16.1 Å². The quantitative estimate of drug-likeness (QED) is 0.703. The summed E-state index contributed by atoms with van der Waals surface area (Å²) in [6, 6.07) is 6.83. The molecule has 5 nitrogen and oxygen atoms in total. The van der Waals surface area contributed by atoms with E-state index >= 15 is 0 Å². The van der Waals surface area contributed by atoms with Gasteiger partial charge in [0.2, 0.25) is 5.91 Å². The summed E-state index contributed by atoms with van der Waals surface area (Å²) >= 11 is 3.12. The fourth-order valence-corrected chi connectivity index (χ4v) is 9.33. The van der Waals surface area contributed by atoms with Gasteiger partial charge in [-0.2, -0.15) is 0 Å². The molecule has 2 aliphatic carbocycles. The first-order valence-electron chi connectivity index (χ1n) is 11.1. The number of rotatable bonds is 3. The maximum atomic E-state index is 13.6. The second-order valence-electron chi connectivity index (χ2n) is 9.14. The zero-order valence-corrected chi connectivity index (χ0v) is 18.8. The molecule has 1 aromatic heterocycles. The van der Waals surface area contributed by atoms with Crippen LogP contribution in [-0.4, -0.2) is 46.9 Å². The summed E-state index contributed by atoms with van der Waals surface area (Å²) in [7, 11) is 0. The Morgan fingerprint density at radius 2 is 1.87 bits per heavy atom. The Hall–Kier alpha value is -1.64. The third kappa shape index (κ3) is 3.29. The average Bonchev–Trinajstić information content (AvgIpc) is 3.48. The van der Waals surface area contributed by atoms with Gasteiger partial charge in [0.25, 0.3) is 0 Å². The molecule has 3 fully saturated rings. The number of carbonyl (C=O) groups is 1. The second-order valence-corrected chi connectivity index (χ2v) is 11.3. The molecule has 1 amide bonds. The molecule has 2 saturated carbocycles. The highest BCUT2D eigenvalue weighted by molar-refractivity contribution is 8.00. The van der Waals surface area contributed by atoms with Crippen molar-refractivity contribution in [2.45, 2.75) is 42.0 Å². The van der Waals surface area contributed by atoms with E-state index in [0.29, 0.717) is 49.3 Å². The molecular formula is C23H25FN2O3S2. The maximum absolute atomic E-state index is 13.6. The zero-order chi connectivity index (χ0) is 21.1. The topological polar surface area (TPSA) is 51.5 Å². The summed E-state index contributed by atoms with van der Waals surface area (Å²) in [4.78, 5) is 28.8. The van der Waals surface area contributed by atoms with E-state index < -0.39 is 0 Å². The molecule has 5 atom stereocenters.